The van der Waals surface area contributed by atoms with Crippen LogP contribution in [0.15, 0.2) is 70.9 Å². The number of anilines is 1. The van der Waals surface area contributed by atoms with E-state index in [1.165, 1.54) is 24.2 Å². The molecule has 2 aliphatic rings. The molecule has 1 aromatic heterocycles. The fraction of sp³-hybridized carbons (Fsp3) is 0.472. The standard InChI is InChI=1S/C36H45FN4O9/c1-22-7-5-15-38-31(43)14-9-23(2)33(24(3)20-49-36(46)39-26-10-12-28(47-4)13-11-26)50-35(45)30-8-6-16-41(30)34(44)29-21-48-32(40-29)19-25(37)18-27(42)17-22/h5,7,9-14,17,21,23-25,27,30,33,42H,6,8,15-16,18-20H2,1-4H3,(H,38,43)(H,39,46)/b7-5+,14-9+,22-17+/t23-,24-,25-,27-,30-,33+/m1/s1. The number of oxazole rings is 1. The van der Waals surface area contributed by atoms with Gasteiger partial charge >= 0.3 is 12.1 Å². The van der Waals surface area contributed by atoms with Crippen LogP contribution in [0.1, 0.15) is 56.4 Å². The number of amides is 3. The van der Waals surface area contributed by atoms with Crippen molar-refractivity contribution >= 4 is 29.6 Å². The topological polar surface area (TPSA) is 170 Å². The molecular weight excluding hydrogens is 651 g/mol. The third-order valence-corrected chi connectivity index (χ3v) is 8.38. The van der Waals surface area contributed by atoms with E-state index in [-0.39, 0.29) is 44.1 Å². The van der Waals surface area contributed by atoms with Gasteiger partial charge in [-0.05, 0) is 50.1 Å². The lowest BCUT2D eigenvalue weighted by atomic mass is 9.93. The molecule has 3 amide bonds. The number of nitrogens with one attached hydrogen (secondary N) is 2. The van der Waals surface area contributed by atoms with Crippen LogP contribution in [0.25, 0.3) is 0 Å². The van der Waals surface area contributed by atoms with E-state index < -0.39 is 60.1 Å². The molecule has 2 aliphatic heterocycles. The number of esters is 1. The van der Waals surface area contributed by atoms with E-state index >= 15 is 0 Å². The molecule has 2 aromatic rings. The van der Waals surface area contributed by atoms with Crippen molar-refractivity contribution in [3.8, 4) is 5.75 Å². The highest BCUT2D eigenvalue weighted by Gasteiger charge is 2.39. The minimum atomic E-state index is -1.50. The number of aliphatic hydroxyl groups excluding tert-OH is 1. The third-order valence-electron chi connectivity index (χ3n) is 8.38. The number of ether oxygens (including phenoxy) is 3. The summed E-state index contributed by atoms with van der Waals surface area (Å²) in [5.74, 6) is -2.03. The zero-order valence-corrected chi connectivity index (χ0v) is 28.7. The van der Waals surface area contributed by atoms with E-state index in [4.69, 9.17) is 18.6 Å². The lowest BCUT2D eigenvalue weighted by Gasteiger charge is -2.30. The van der Waals surface area contributed by atoms with E-state index in [9.17, 15) is 28.7 Å². The summed E-state index contributed by atoms with van der Waals surface area (Å²) in [7, 11) is 1.54. The van der Waals surface area contributed by atoms with Crippen LogP contribution >= 0.6 is 0 Å². The lowest BCUT2D eigenvalue weighted by Crippen LogP contribution is -2.44. The predicted octanol–water partition coefficient (Wildman–Crippen LogP) is 4.54. The lowest BCUT2D eigenvalue weighted by molar-refractivity contribution is -0.159. The van der Waals surface area contributed by atoms with Crippen LogP contribution in [-0.4, -0.2) is 90.1 Å². The quantitative estimate of drug-likeness (QED) is 0.378. The van der Waals surface area contributed by atoms with Crippen molar-refractivity contribution in [3.05, 3.63) is 78.1 Å². The number of benzene rings is 1. The first-order valence-electron chi connectivity index (χ1n) is 16.6. The number of nitrogens with zero attached hydrogens (tertiary/aromatic N) is 2. The van der Waals surface area contributed by atoms with Crippen LogP contribution in [0.4, 0.5) is 14.9 Å². The number of hydrogen-bond donors (Lipinski definition) is 3. The number of fused-ring (bicyclic) bond motifs is 3. The molecule has 0 unspecified atom stereocenters. The Morgan fingerprint density at radius 2 is 1.98 bits per heavy atom. The minimum absolute atomic E-state index is 0.00775. The molecule has 1 aromatic carbocycles. The Morgan fingerprint density at radius 1 is 1.22 bits per heavy atom. The van der Waals surface area contributed by atoms with Crippen molar-refractivity contribution in [2.75, 3.05) is 32.1 Å². The van der Waals surface area contributed by atoms with E-state index in [1.54, 1.807) is 63.3 Å². The molecule has 3 heterocycles. The molecule has 270 valence electrons. The monoisotopic (exact) mass is 696 g/mol. The van der Waals surface area contributed by atoms with E-state index in [2.05, 4.69) is 15.6 Å². The molecule has 0 aliphatic carbocycles. The number of cyclic esters (lactones) is 1. The number of methoxy groups -OCH3 is 1. The first kappa shape index (κ1) is 37.8. The highest BCUT2D eigenvalue weighted by molar-refractivity contribution is 5.95. The van der Waals surface area contributed by atoms with E-state index in [0.29, 0.717) is 29.9 Å². The Kier molecular flexibility index (Phi) is 13.7. The van der Waals surface area contributed by atoms with Gasteiger partial charge in [-0.25, -0.2) is 19.0 Å². The molecule has 1 saturated heterocycles. The zero-order valence-electron chi connectivity index (χ0n) is 28.7. The van der Waals surface area contributed by atoms with Gasteiger partial charge in [-0.2, -0.15) is 0 Å². The van der Waals surface area contributed by atoms with Crippen molar-refractivity contribution < 1.29 is 47.3 Å². The SMILES string of the molecule is COc1ccc(NC(=O)OC[C@@H](C)[C@H]2OC(=O)[C@H]3CCCN3C(=O)c3coc(n3)C[C@H](F)C[C@H](O)/C=C(C)/C=C/CNC(=O)/C=C/[C@H]2C)cc1. The molecule has 0 radical (unpaired) electrons. The number of hydrogen-bond acceptors (Lipinski definition) is 10. The van der Waals surface area contributed by atoms with Gasteiger partial charge in [-0.15, -0.1) is 0 Å². The summed E-state index contributed by atoms with van der Waals surface area (Å²) in [6.07, 6.45) is 5.22. The van der Waals surface area contributed by atoms with Crippen LogP contribution in [0.5, 0.6) is 5.75 Å². The molecule has 3 N–H and O–H groups in total. The molecule has 1 fully saturated rings. The van der Waals surface area contributed by atoms with Gasteiger partial charge in [0.25, 0.3) is 5.91 Å². The number of carbonyl (C=O) groups excluding carboxylic acids is 4. The molecule has 50 heavy (non-hydrogen) atoms. The normalized spacial score (nSPS) is 27.1. The van der Waals surface area contributed by atoms with Gasteiger partial charge in [0.1, 0.15) is 30.3 Å². The van der Waals surface area contributed by atoms with Crippen molar-refractivity contribution in [2.45, 2.75) is 70.9 Å². The number of allylic oxidation sites excluding steroid dienone is 2. The largest absolute Gasteiger partial charge is 0.497 e. The summed E-state index contributed by atoms with van der Waals surface area (Å²) in [6.45, 7) is 5.59. The van der Waals surface area contributed by atoms with Crippen molar-refractivity contribution in [1.82, 2.24) is 15.2 Å². The summed E-state index contributed by atoms with van der Waals surface area (Å²) < 4.78 is 36.8. The number of rotatable bonds is 5. The first-order valence-corrected chi connectivity index (χ1v) is 16.6. The second-order valence-corrected chi connectivity index (χ2v) is 12.5. The zero-order chi connectivity index (χ0) is 36.2. The summed E-state index contributed by atoms with van der Waals surface area (Å²) in [6, 6.07) is 5.77. The van der Waals surface area contributed by atoms with Gasteiger partial charge in [-0.3, -0.25) is 14.9 Å². The molecule has 13 nitrogen and oxygen atoms in total. The summed E-state index contributed by atoms with van der Waals surface area (Å²) in [5.41, 5.74) is 1.09. The molecular formula is C36H45FN4O9. The molecule has 4 rings (SSSR count). The Morgan fingerprint density at radius 3 is 2.72 bits per heavy atom. The van der Waals surface area contributed by atoms with Crippen molar-refractivity contribution in [2.24, 2.45) is 11.8 Å². The minimum Gasteiger partial charge on any atom is -0.497 e. The molecule has 6 atom stereocenters. The van der Waals surface area contributed by atoms with E-state index in [1.807, 2.05) is 0 Å². The molecule has 0 spiro atoms. The number of aromatic nitrogens is 1. The molecule has 0 saturated carbocycles. The first-order chi connectivity index (χ1) is 23.9. The maximum Gasteiger partial charge on any atom is 0.411 e. The highest BCUT2D eigenvalue weighted by atomic mass is 19.1. The maximum absolute atomic E-state index is 14.8. The van der Waals surface area contributed by atoms with Crippen LogP contribution < -0.4 is 15.4 Å². The molecule has 14 heteroatoms. The fourth-order valence-corrected chi connectivity index (χ4v) is 5.76. The fourth-order valence-electron chi connectivity index (χ4n) is 5.76. The highest BCUT2D eigenvalue weighted by Crippen LogP contribution is 2.26. The Hall–Kier alpha value is -4.98. The number of alkyl halides is 1. The number of carbonyl (C=O) groups is 4. The second-order valence-electron chi connectivity index (χ2n) is 12.5. The third kappa shape index (κ3) is 11.0. The van der Waals surface area contributed by atoms with Gasteiger partial charge < -0.3 is 34.0 Å². The van der Waals surface area contributed by atoms with Gasteiger partial charge in [0, 0.05) is 37.0 Å². The Labute approximate surface area is 290 Å². The van der Waals surface area contributed by atoms with Crippen molar-refractivity contribution in [3.63, 3.8) is 0 Å². The number of halogens is 1. The van der Waals surface area contributed by atoms with Crippen LogP contribution in [0, 0.1) is 11.8 Å². The average Bonchev–Trinajstić information content (AvgIpc) is 3.77. The average molecular weight is 697 g/mol. The smallest absolute Gasteiger partial charge is 0.411 e. The number of aliphatic hydroxyl groups is 1. The van der Waals surface area contributed by atoms with Gasteiger partial charge in [0.15, 0.2) is 11.6 Å². The summed E-state index contributed by atoms with van der Waals surface area (Å²) in [4.78, 5) is 57.8. The summed E-state index contributed by atoms with van der Waals surface area (Å²) in [5, 5.41) is 15.7. The van der Waals surface area contributed by atoms with Crippen LogP contribution in [0.2, 0.25) is 0 Å². The predicted molar refractivity (Wildman–Crippen MR) is 181 cm³/mol. The summed E-state index contributed by atoms with van der Waals surface area (Å²) >= 11 is 0. The van der Waals surface area contributed by atoms with Crippen LogP contribution in [-0.2, 0) is 25.5 Å². The second kappa shape index (κ2) is 18.1. The van der Waals surface area contributed by atoms with E-state index in [0.717, 1.165) is 6.26 Å². The van der Waals surface area contributed by atoms with Crippen LogP contribution in [0.3, 0.4) is 0 Å². The molecule has 2 bridgehead atoms. The van der Waals surface area contributed by atoms with Gasteiger partial charge in [-0.1, -0.05) is 43.7 Å². The maximum atomic E-state index is 14.8. The van der Waals surface area contributed by atoms with Crippen molar-refractivity contribution in [1.29, 1.82) is 0 Å². The van der Waals surface area contributed by atoms with Gasteiger partial charge in [0.2, 0.25) is 5.91 Å². The Bertz CT molecular complexity index is 1570. The Balaban J connectivity index is 1.53. The van der Waals surface area contributed by atoms with Gasteiger partial charge in [0.05, 0.1) is 26.2 Å².